The summed E-state index contributed by atoms with van der Waals surface area (Å²) < 4.78 is 0. The summed E-state index contributed by atoms with van der Waals surface area (Å²) in [5, 5.41) is 0. The summed E-state index contributed by atoms with van der Waals surface area (Å²) in [5.74, 6) is 0.576. The molecule has 0 bridgehead atoms. The fraction of sp³-hybridized carbons (Fsp3) is 0.519. The number of nitrogens with zero attached hydrogens (tertiary/aromatic N) is 2. The smallest absolute Gasteiger partial charge is 0.0585 e. The van der Waals surface area contributed by atoms with E-state index >= 15 is 0 Å². The standard InChI is InChI=1S/C27H38N4/c1-7-21-8-10-22(11-9-21)23-12-15-31(17-23)20(4)25-18(2)16-24(30-28-6)26(25)19(3)29-27(5)13-14-27/h8-11,23,28,30H,4,7,12-17H2,1-3,5-6H3. The van der Waals surface area contributed by atoms with Gasteiger partial charge < -0.3 is 10.3 Å². The lowest BCUT2D eigenvalue weighted by atomic mass is 9.96. The van der Waals surface area contributed by atoms with E-state index in [1.54, 1.807) is 0 Å². The second-order valence-electron chi connectivity index (χ2n) is 9.73. The number of nitrogens with one attached hydrogen (secondary N) is 2. The first-order valence-electron chi connectivity index (χ1n) is 11.8. The summed E-state index contributed by atoms with van der Waals surface area (Å²) >= 11 is 0. The number of hydrazine groups is 1. The molecule has 2 aliphatic carbocycles. The minimum atomic E-state index is 0.133. The summed E-state index contributed by atoms with van der Waals surface area (Å²) in [7, 11) is 1.93. The average Bonchev–Trinajstić information content (AvgIpc) is 3.16. The number of hydrogen-bond donors (Lipinski definition) is 2. The number of aliphatic imine (C=N–C) groups is 1. The Morgan fingerprint density at radius 1 is 1.23 bits per heavy atom. The molecule has 3 aliphatic rings. The first-order chi connectivity index (χ1) is 14.8. The Hall–Kier alpha value is -2.33. The van der Waals surface area contributed by atoms with Crippen molar-refractivity contribution in [2.24, 2.45) is 4.99 Å². The van der Waals surface area contributed by atoms with Crippen molar-refractivity contribution in [3.8, 4) is 0 Å². The summed E-state index contributed by atoms with van der Waals surface area (Å²) in [6.07, 6.45) is 5.58. The van der Waals surface area contributed by atoms with Crippen molar-refractivity contribution in [3.05, 3.63) is 70.1 Å². The molecule has 0 spiro atoms. The summed E-state index contributed by atoms with van der Waals surface area (Å²) in [6, 6.07) is 9.21. The lowest BCUT2D eigenvalue weighted by Crippen LogP contribution is -2.28. The van der Waals surface area contributed by atoms with Gasteiger partial charge >= 0.3 is 0 Å². The minimum Gasteiger partial charge on any atom is -0.371 e. The molecular weight excluding hydrogens is 380 g/mol. The van der Waals surface area contributed by atoms with Crippen LogP contribution in [0, 0.1) is 0 Å². The highest BCUT2D eigenvalue weighted by Crippen LogP contribution is 2.43. The number of hydrogen-bond acceptors (Lipinski definition) is 4. The highest BCUT2D eigenvalue weighted by molar-refractivity contribution is 6.05. The zero-order valence-corrected chi connectivity index (χ0v) is 19.9. The fourth-order valence-electron chi connectivity index (χ4n) is 5.07. The predicted octanol–water partition coefficient (Wildman–Crippen LogP) is 5.26. The maximum absolute atomic E-state index is 5.10. The van der Waals surface area contributed by atoms with E-state index in [2.05, 4.69) is 74.3 Å². The highest BCUT2D eigenvalue weighted by atomic mass is 15.3. The van der Waals surface area contributed by atoms with Crippen LogP contribution in [0.2, 0.25) is 0 Å². The van der Waals surface area contributed by atoms with Crippen LogP contribution in [-0.2, 0) is 6.42 Å². The fourth-order valence-corrected chi connectivity index (χ4v) is 5.07. The van der Waals surface area contributed by atoms with E-state index in [9.17, 15) is 0 Å². The van der Waals surface area contributed by atoms with E-state index in [1.165, 1.54) is 52.8 Å². The van der Waals surface area contributed by atoms with E-state index in [4.69, 9.17) is 4.99 Å². The lowest BCUT2D eigenvalue weighted by Gasteiger charge is -2.25. The minimum absolute atomic E-state index is 0.133. The molecule has 1 aromatic carbocycles. The third-order valence-electron chi connectivity index (χ3n) is 7.19. The summed E-state index contributed by atoms with van der Waals surface area (Å²) in [6.45, 7) is 15.6. The SMILES string of the molecule is C=C(C1=C(C)CC(NNC)=C1C(C)=NC1(C)CC1)N1CCC(c2ccc(CC)cc2)C1. The normalized spacial score (nSPS) is 23.1. The van der Waals surface area contributed by atoms with Gasteiger partial charge in [0.05, 0.1) is 5.54 Å². The second kappa shape index (κ2) is 8.66. The van der Waals surface area contributed by atoms with Crippen LogP contribution in [0.25, 0.3) is 0 Å². The largest absolute Gasteiger partial charge is 0.371 e. The van der Waals surface area contributed by atoms with Crippen LogP contribution in [0.3, 0.4) is 0 Å². The van der Waals surface area contributed by atoms with Crippen molar-refractivity contribution < 1.29 is 0 Å². The van der Waals surface area contributed by atoms with E-state index < -0.39 is 0 Å². The maximum atomic E-state index is 5.10. The van der Waals surface area contributed by atoms with Crippen LogP contribution in [0.5, 0.6) is 0 Å². The molecule has 1 aromatic rings. The van der Waals surface area contributed by atoms with Gasteiger partial charge in [-0.2, -0.15) is 0 Å². The highest BCUT2D eigenvalue weighted by Gasteiger charge is 2.38. The van der Waals surface area contributed by atoms with Gasteiger partial charge in [0.2, 0.25) is 0 Å². The zero-order chi connectivity index (χ0) is 22.2. The summed E-state index contributed by atoms with van der Waals surface area (Å²) in [5.41, 5.74) is 16.9. The van der Waals surface area contributed by atoms with E-state index in [-0.39, 0.29) is 5.54 Å². The van der Waals surface area contributed by atoms with Gasteiger partial charge in [0.1, 0.15) is 0 Å². The van der Waals surface area contributed by atoms with Crippen molar-refractivity contribution in [1.29, 1.82) is 0 Å². The zero-order valence-electron chi connectivity index (χ0n) is 19.9. The molecular formula is C27H38N4. The number of likely N-dealkylation sites (tertiary alicyclic amines) is 1. The van der Waals surface area contributed by atoms with Gasteiger partial charge in [0.15, 0.2) is 0 Å². The summed E-state index contributed by atoms with van der Waals surface area (Å²) in [4.78, 5) is 7.60. The first-order valence-corrected chi connectivity index (χ1v) is 11.8. The topological polar surface area (TPSA) is 39.7 Å². The number of aryl methyl sites for hydroxylation is 1. The molecule has 1 heterocycles. The van der Waals surface area contributed by atoms with Gasteiger partial charge in [-0.1, -0.05) is 43.3 Å². The van der Waals surface area contributed by atoms with Crippen LogP contribution in [0.1, 0.15) is 70.4 Å². The number of rotatable bonds is 8. The van der Waals surface area contributed by atoms with Gasteiger partial charge in [-0.05, 0) is 57.6 Å². The predicted molar refractivity (Wildman–Crippen MR) is 131 cm³/mol. The molecule has 4 rings (SSSR count). The third kappa shape index (κ3) is 4.50. The molecule has 2 N–H and O–H groups in total. The Labute approximate surface area is 188 Å². The van der Waals surface area contributed by atoms with E-state index in [0.717, 1.165) is 37.3 Å². The van der Waals surface area contributed by atoms with Crippen LogP contribution in [0.15, 0.2) is 64.0 Å². The Morgan fingerprint density at radius 2 is 1.94 bits per heavy atom. The quantitative estimate of drug-likeness (QED) is 0.447. The molecule has 31 heavy (non-hydrogen) atoms. The molecule has 4 heteroatoms. The lowest BCUT2D eigenvalue weighted by molar-refractivity contribution is 0.430. The number of allylic oxidation sites excluding steroid dienone is 2. The molecule has 1 saturated heterocycles. The Balaban J connectivity index is 1.56. The van der Waals surface area contributed by atoms with Crippen LogP contribution >= 0.6 is 0 Å². The van der Waals surface area contributed by atoms with Gasteiger partial charge in [-0.25, -0.2) is 5.43 Å². The molecule has 1 saturated carbocycles. The Kier molecular flexibility index (Phi) is 6.11. The maximum Gasteiger partial charge on any atom is 0.0585 e. The average molecular weight is 419 g/mol. The third-order valence-corrected chi connectivity index (χ3v) is 7.19. The van der Waals surface area contributed by atoms with Crippen molar-refractivity contribution in [2.75, 3.05) is 20.1 Å². The molecule has 1 atom stereocenters. The monoisotopic (exact) mass is 418 g/mol. The van der Waals surface area contributed by atoms with E-state index in [1.807, 2.05) is 7.05 Å². The van der Waals surface area contributed by atoms with E-state index in [0.29, 0.717) is 5.92 Å². The number of benzene rings is 1. The molecule has 166 valence electrons. The van der Waals surface area contributed by atoms with Crippen molar-refractivity contribution in [3.63, 3.8) is 0 Å². The van der Waals surface area contributed by atoms with Gasteiger partial charge in [-0.15, -0.1) is 0 Å². The molecule has 0 radical (unpaired) electrons. The van der Waals surface area contributed by atoms with Crippen molar-refractivity contribution >= 4 is 5.71 Å². The van der Waals surface area contributed by atoms with Gasteiger partial charge in [0.25, 0.3) is 0 Å². The molecule has 0 amide bonds. The molecule has 1 unspecified atom stereocenters. The van der Waals surface area contributed by atoms with Crippen LogP contribution in [-0.4, -0.2) is 36.3 Å². The van der Waals surface area contributed by atoms with Gasteiger partial charge in [-0.3, -0.25) is 4.99 Å². The Morgan fingerprint density at radius 3 is 2.55 bits per heavy atom. The molecule has 2 fully saturated rings. The van der Waals surface area contributed by atoms with Crippen LogP contribution < -0.4 is 10.9 Å². The van der Waals surface area contributed by atoms with Crippen molar-refractivity contribution in [1.82, 2.24) is 15.8 Å². The van der Waals surface area contributed by atoms with Gasteiger partial charge in [0, 0.05) is 60.7 Å². The second-order valence-corrected chi connectivity index (χ2v) is 9.73. The van der Waals surface area contributed by atoms with Crippen molar-refractivity contribution in [2.45, 2.75) is 71.3 Å². The van der Waals surface area contributed by atoms with Crippen LogP contribution in [0.4, 0.5) is 0 Å². The molecule has 4 nitrogen and oxygen atoms in total. The Bertz CT molecular complexity index is 944. The molecule has 1 aliphatic heterocycles. The molecule has 0 aromatic heterocycles. The first kappa shape index (κ1) is 21.9.